The van der Waals surface area contributed by atoms with Gasteiger partial charge in [0.2, 0.25) is 0 Å². The molecule has 0 radical (unpaired) electrons. The summed E-state index contributed by atoms with van der Waals surface area (Å²) in [6, 6.07) is 33.4. The summed E-state index contributed by atoms with van der Waals surface area (Å²) >= 11 is 0. The highest BCUT2D eigenvalue weighted by Gasteiger charge is 2.11. The van der Waals surface area contributed by atoms with Gasteiger partial charge in [-0.1, -0.05) is 72.8 Å². The summed E-state index contributed by atoms with van der Waals surface area (Å²) in [4.78, 5) is 4.88. The molecule has 0 unspecified atom stereocenters. The van der Waals surface area contributed by atoms with Crippen molar-refractivity contribution in [3.05, 3.63) is 108 Å². The molecule has 3 nitrogen and oxygen atoms in total. The van der Waals surface area contributed by atoms with Crippen LogP contribution in [0.5, 0.6) is 5.75 Å². The minimum atomic E-state index is 0.598. The summed E-state index contributed by atoms with van der Waals surface area (Å²) in [5.41, 5.74) is 3.45. The van der Waals surface area contributed by atoms with Gasteiger partial charge in [0.25, 0.3) is 0 Å². The smallest absolute Gasteiger partial charge is 0.120 e. The van der Waals surface area contributed by atoms with Gasteiger partial charge in [-0.05, 0) is 40.6 Å². The Labute approximate surface area is 170 Å². The van der Waals surface area contributed by atoms with Gasteiger partial charge in [0.05, 0.1) is 17.6 Å². The van der Waals surface area contributed by atoms with Gasteiger partial charge >= 0.3 is 0 Å². The molecule has 0 amide bonds. The molecule has 0 spiro atoms. The van der Waals surface area contributed by atoms with Crippen molar-refractivity contribution in [3.8, 4) is 5.75 Å². The number of nitrogens with zero attached hydrogens (tertiary/aromatic N) is 2. The van der Waals surface area contributed by atoms with Crippen molar-refractivity contribution in [3.63, 3.8) is 0 Å². The third-order valence-corrected chi connectivity index (χ3v) is 5.24. The summed E-state index contributed by atoms with van der Waals surface area (Å²) < 4.78 is 8.37. The van der Waals surface area contributed by atoms with E-state index in [0.717, 1.165) is 35.6 Å². The van der Waals surface area contributed by atoms with E-state index in [0.29, 0.717) is 6.61 Å². The Morgan fingerprint density at radius 2 is 1.48 bits per heavy atom. The summed E-state index contributed by atoms with van der Waals surface area (Å²) in [6.07, 6.45) is 0.811. The molecule has 1 heterocycles. The number of hydrogen-bond donors (Lipinski definition) is 0. The molecule has 0 aliphatic rings. The van der Waals surface area contributed by atoms with E-state index in [2.05, 4.69) is 83.4 Å². The van der Waals surface area contributed by atoms with Crippen LogP contribution in [0.3, 0.4) is 0 Å². The number of para-hydroxylation sites is 2. The first-order valence-corrected chi connectivity index (χ1v) is 9.96. The van der Waals surface area contributed by atoms with Gasteiger partial charge in [-0.3, -0.25) is 0 Å². The van der Waals surface area contributed by atoms with Crippen LogP contribution in [0.25, 0.3) is 21.8 Å². The Morgan fingerprint density at radius 1 is 0.724 bits per heavy atom. The van der Waals surface area contributed by atoms with E-state index in [1.54, 1.807) is 0 Å². The van der Waals surface area contributed by atoms with E-state index < -0.39 is 0 Å². The van der Waals surface area contributed by atoms with Crippen LogP contribution in [-0.4, -0.2) is 16.2 Å². The fraction of sp³-hybridized carbons (Fsp3) is 0.115. The molecule has 0 aliphatic carbocycles. The van der Waals surface area contributed by atoms with Crippen molar-refractivity contribution < 1.29 is 4.74 Å². The normalized spacial score (nSPS) is 11.2. The fourth-order valence-electron chi connectivity index (χ4n) is 3.80. The second-order valence-corrected chi connectivity index (χ2v) is 7.19. The van der Waals surface area contributed by atoms with Gasteiger partial charge in [0.1, 0.15) is 18.2 Å². The lowest BCUT2D eigenvalue weighted by atomic mass is 10.1. The molecule has 5 aromatic rings. The molecule has 142 valence electrons. The van der Waals surface area contributed by atoms with Crippen LogP contribution < -0.4 is 4.74 Å². The Morgan fingerprint density at radius 3 is 2.38 bits per heavy atom. The summed E-state index contributed by atoms with van der Waals surface area (Å²) in [5, 5.41) is 2.42. The van der Waals surface area contributed by atoms with Gasteiger partial charge in [0, 0.05) is 6.42 Å². The molecular weight excluding hydrogens is 356 g/mol. The zero-order valence-electron chi connectivity index (χ0n) is 16.2. The number of rotatable bonds is 6. The Bertz CT molecular complexity index is 1260. The number of ether oxygens (including phenoxy) is 1. The third kappa shape index (κ3) is 3.72. The zero-order valence-corrected chi connectivity index (χ0v) is 16.2. The van der Waals surface area contributed by atoms with E-state index in [9.17, 15) is 0 Å². The molecular formula is C26H22N2O. The predicted molar refractivity (Wildman–Crippen MR) is 118 cm³/mol. The molecule has 0 N–H and O–H groups in total. The Kier molecular flexibility index (Phi) is 4.71. The van der Waals surface area contributed by atoms with Gasteiger partial charge in [0.15, 0.2) is 0 Å². The molecule has 0 saturated heterocycles. The van der Waals surface area contributed by atoms with Crippen molar-refractivity contribution in [2.75, 3.05) is 6.61 Å². The molecule has 0 bridgehead atoms. The number of fused-ring (bicyclic) bond motifs is 2. The fourth-order valence-corrected chi connectivity index (χ4v) is 3.80. The molecule has 3 heteroatoms. The van der Waals surface area contributed by atoms with Crippen molar-refractivity contribution >= 4 is 21.8 Å². The van der Waals surface area contributed by atoms with Crippen molar-refractivity contribution in [2.45, 2.75) is 13.0 Å². The van der Waals surface area contributed by atoms with Gasteiger partial charge < -0.3 is 9.30 Å². The van der Waals surface area contributed by atoms with Crippen LogP contribution in [0, 0.1) is 0 Å². The van der Waals surface area contributed by atoms with Crippen LogP contribution in [0.2, 0.25) is 0 Å². The molecule has 29 heavy (non-hydrogen) atoms. The van der Waals surface area contributed by atoms with E-state index in [1.807, 2.05) is 18.2 Å². The van der Waals surface area contributed by atoms with E-state index in [-0.39, 0.29) is 0 Å². The summed E-state index contributed by atoms with van der Waals surface area (Å²) in [7, 11) is 0. The average Bonchev–Trinajstić information content (AvgIpc) is 3.11. The van der Waals surface area contributed by atoms with Gasteiger partial charge in [-0.15, -0.1) is 0 Å². The predicted octanol–water partition coefficient (Wildman–Crippen LogP) is 5.86. The van der Waals surface area contributed by atoms with Crippen LogP contribution in [0.1, 0.15) is 11.4 Å². The maximum Gasteiger partial charge on any atom is 0.120 e. The highest BCUT2D eigenvalue weighted by Crippen LogP contribution is 2.22. The minimum absolute atomic E-state index is 0.598. The van der Waals surface area contributed by atoms with Gasteiger partial charge in [-0.25, -0.2) is 4.98 Å². The first kappa shape index (κ1) is 17.5. The molecule has 0 saturated carbocycles. The highest BCUT2D eigenvalue weighted by atomic mass is 16.5. The van der Waals surface area contributed by atoms with E-state index in [4.69, 9.17) is 9.72 Å². The molecule has 4 aromatic carbocycles. The van der Waals surface area contributed by atoms with Crippen molar-refractivity contribution in [1.82, 2.24) is 9.55 Å². The lowest BCUT2D eigenvalue weighted by molar-refractivity contribution is 0.299. The first-order valence-electron chi connectivity index (χ1n) is 9.96. The topological polar surface area (TPSA) is 27.1 Å². The molecule has 0 atom stereocenters. The second kappa shape index (κ2) is 7.80. The molecule has 5 rings (SSSR count). The van der Waals surface area contributed by atoms with Crippen LogP contribution in [0.4, 0.5) is 0 Å². The quantitative estimate of drug-likeness (QED) is 0.370. The first-order chi connectivity index (χ1) is 14.4. The highest BCUT2D eigenvalue weighted by molar-refractivity contribution is 5.83. The monoisotopic (exact) mass is 378 g/mol. The number of aromatic nitrogens is 2. The largest absolute Gasteiger partial charge is 0.492 e. The maximum absolute atomic E-state index is 6.09. The maximum atomic E-state index is 6.09. The number of benzene rings is 4. The minimum Gasteiger partial charge on any atom is -0.492 e. The van der Waals surface area contributed by atoms with Gasteiger partial charge in [-0.2, -0.15) is 0 Å². The Hall–Kier alpha value is -3.59. The SMILES string of the molecule is c1ccc(Cc2nc3ccccc3n2CCOc2ccc3ccccc3c2)cc1. The summed E-state index contributed by atoms with van der Waals surface area (Å²) in [6.45, 7) is 1.36. The van der Waals surface area contributed by atoms with Crippen LogP contribution in [-0.2, 0) is 13.0 Å². The number of hydrogen-bond acceptors (Lipinski definition) is 2. The lowest BCUT2D eigenvalue weighted by Crippen LogP contribution is -2.11. The summed E-state index contributed by atoms with van der Waals surface area (Å²) in [5.74, 6) is 1.97. The van der Waals surface area contributed by atoms with E-state index >= 15 is 0 Å². The Balaban J connectivity index is 1.38. The number of imidazole rings is 1. The van der Waals surface area contributed by atoms with E-state index in [1.165, 1.54) is 16.3 Å². The van der Waals surface area contributed by atoms with Crippen LogP contribution in [0.15, 0.2) is 97.1 Å². The average molecular weight is 378 g/mol. The second-order valence-electron chi connectivity index (χ2n) is 7.19. The lowest BCUT2D eigenvalue weighted by Gasteiger charge is -2.11. The molecule has 0 fully saturated rings. The van der Waals surface area contributed by atoms with Crippen molar-refractivity contribution in [1.29, 1.82) is 0 Å². The van der Waals surface area contributed by atoms with Crippen molar-refractivity contribution in [2.24, 2.45) is 0 Å². The molecule has 0 aliphatic heterocycles. The standard InChI is InChI=1S/C26H22N2O/c1-2-8-20(9-3-1)18-26-27-24-12-6-7-13-25(24)28(26)16-17-29-23-15-14-21-10-4-5-11-22(21)19-23/h1-15,19H,16-18H2. The zero-order chi connectivity index (χ0) is 19.5. The molecule has 1 aromatic heterocycles. The van der Waals surface area contributed by atoms with Crippen LogP contribution >= 0.6 is 0 Å². The third-order valence-electron chi connectivity index (χ3n) is 5.24.